The van der Waals surface area contributed by atoms with Crippen LogP contribution in [0.2, 0.25) is 0 Å². The van der Waals surface area contributed by atoms with E-state index in [-0.39, 0.29) is 23.1 Å². The number of hydrogen-bond acceptors (Lipinski definition) is 5. The zero-order valence-corrected chi connectivity index (χ0v) is 18.4. The van der Waals surface area contributed by atoms with Crippen molar-refractivity contribution in [2.24, 2.45) is 5.73 Å². The second kappa shape index (κ2) is 8.51. The van der Waals surface area contributed by atoms with Gasteiger partial charge in [-0.1, -0.05) is 12.1 Å². The lowest BCUT2D eigenvalue weighted by Gasteiger charge is -2.38. The Balaban J connectivity index is 1.19. The normalized spacial score (nSPS) is 20.6. The smallest absolute Gasteiger partial charge is 0.319 e. The molecule has 2 aromatic rings. The minimum absolute atomic E-state index is 0.0178. The van der Waals surface area contributed by atoms with Crippen molar-refractivity contribution in [1.29, 1.82) is 0 Å². The fraction of sp³-hybridized carbons (Fsp3) is 0.400. The Morgan fingerprint density at radius 2 is 1.88 bits per heavy atom. The van der Waals surface area contributed by atoms with Crippen LogP contribution in [0.25, 0.3) is 0 Å². The van der Waals surface area contributed by atoms with Gasteiger partial charge in [-0.15, -0.1) is 0 Å². The van der Waals surface area contributed by atoms with Gasteiger partial charge < -0.3 is 26.0 Å². The fourth-order valence-corrected chi connectivity index (χ4v) is 4.85. The highest BCUT2D eigenvalue weighted by atomic mass is 16.5. The van der Waals surface area contributed by atoms with Gasteiger partial charge in [-0.05, 0) is 55.2 Å². The number of Topliss-reactive ketones (excluding diaryl/α,β-unsaturated/α-hetero) is 1. The Morgan fingerprint density at radius 1 is 1.12 bits per heavy atom. The summed E-state index contributed by atoms with van der Waals surface area (Å²) in [5.41, 5.74) is 9.24. The van der Waals surface area contributed by atoms with Crippen molar-refractivity contribution in [1.82, 2.24) is 10.2 Å². The number of nitrogens with zero attached hydrogens (tertiary/aromatic N) is 1. The lowest BCUT2D eigenvalue weighted by molar-refractivity contribution is -0.126. The van der Waals surface area contributed by atoms with E-state index >= 15 is 0 Å². The van der Waals surface area contributed by atoms with Gasteiger partial charge in [0.05, 0.1) is 12.6 Å². The van der Waals surface area contributed by atoms with Gasteiger partial charge in [0.2, 0.25) is 0 Å². The third-order valence-electron chi connectivity index (χ3n) is 7.13. The number of likely N-dealkylation sites (tertiary alicyclic amines) is 1. The number of carbonyl (C=O) groups excluding carboxylic acids is 3. The Kier molecular flexibility index (Phi) is 5.54. The largest absolute Gasteiger partial charge is 0.492 e. The topological polar surface area (TPSA) is 114 Å². The van der Waals surface area contributed by atoms with E-state index in [0.29, 0.717) is 50.3 Å². The molecule has 2 fully saturated rings. The van der Waals surface area contributed by atoms with Crippen LogP contribution in [0.5, 0.6) is 5.75 Å². The minimum atomic E-state index is -0.412. The molecule has 8 heteroatoms. The second-order valence-corrected chi connectivity index (χ2v) is 9.13. The van der Waals surface area contributed by atoms with Crippen LogP contribution in [-0.2, 0) is 16.8 Å². The standard InChI is InChI=1S/C25H28N4O4/c26-14-16-1-8-22-19(13-16)25(15-33-22)9-11-29(12-10-25)23(31)17-2-4-18(5-3-17)27-24(32)28-20-6-7-21(20)30/h1-5,8,13,20H,6-7,9-12,14-15,26H2,(H2,27,28,32). The highest BCUT2D eigenvalue weighted by Crippen LogP contribution is 2.46. The number of urea groups is 1. The number of piperidine rings is 1. The second-order valence-electron chi connectivity index (χ2n) is 9.13. The van der Waals surface area contributed by atoms with Crippen molar-refractivity contribution in [3.8, 4) is 5.75 Å². The highest BCUT2D eigenvalue weighted by molar-refractivity contribution is 5.98. The number of nitrogens with one attached hydrogen (secondary N) is 2. The van der Waals surface area contributed by atoms with E-state index in [9.17, 15) is 14.4 Å². The number of fused-ring (bicyclic) bond motifs is 2. The molecule has 1 aliphatic carbocycles. The molecule has 0 radical (unpaired) electrons. The van der Waals surface area contributed by atoms with E-state index in [1.54, 1.807) is 24.3 Å². The summed E-state index contributed by atoms with van der Waals surface area (Å²) < 4.78 is 5.95. The number of rotatable bonds is 4. The molecular weight excluding hydrogens is 420 g/mol. The maximum absolute atomic E-state index is 13.1. The van der Waals surface area contributed by atoms with Crippen LogP contribution in [-0.4, -0.2) is 48.4 Å². The first-order chi connectivity index (χ1) is 16.0. The summed E-state index contributed by atoms with van der Waals surface area (Å²) in [6.45, 7) is 2.46. The first kappa shape index (κ1) is 21.5. The van der Waals surface area contributed by atoms with Gasteiger partial charge in [-0.3, -0.25) is 9.59 Å². The summed E-state index contributed by atoms with van der Waals surface area (Å²) in [7, 11) is 0. The first-order valence-corrected chi connectivity index (χ1v) is 11.4. The highest BCUT2D eigenvalue weighted by Gasteiger charge is 2.44. The fourth-order valence-electron chi connectivity index (χ4n) is 4.85. The lowest BCUT2D eigenvalue weighted by atomic mass is 9.74. The number of amides is 3. The van der Waals surface area contributed by atoms with Crippen LogP contribution in [0.3, 0.4) is 0 Å². The third-order valence-corrected chi connectivity index (χ3v) is 7.13. The van der Waals surface area contributed by atoms with E-state index < -0.39 is 6.03 Å². The predicted octanol–water partition coefficient (Wildman–Crippen LogP) is 2.56. The summed E-state index contributed by atoms with van der Waals surface area (Å²) in [6.07, 6.45) is 2.90. The molecule has 1 saturated carbocycles. The monoisotopic (exact) mass is 448 g/mol. The van der Waals surface area contributed by atoms with Crippen LogP contribution in [0.1, 0.15) is 47.2 Å². The number of benzene rings is 2. The average Bonchev–Trinajstić information content (AvgIpc) is 3.19. The van der Waals surface area contributed by atoms with Crippen LogP contribution in [0.15, 0.2) is 42.5 Å². The van der Waals surface area contributed by atoms with E-state index in [2.05, 4.69) is 16.7 Å². The molecule has 3 aliphatic rings. The molecule has 8 nitrogen and oxygen atoms in total. The molecule has 4 N–H and O–H groups in total. The zero-order valence-electron chi connectivity index (χ0n) is 18.4. The lowest BCUT2D eigenvalue weighted by Crippen LogP contribution is -2.48. The molecule has 1 atom stereocenters. The van der Waals surface area contributed by atoms with E-state index in [1.807, 2.05) is 17.0 Å². The van der Waals surface area contributed by atoms with Gasteiger partial charge in [0.25, 0.3) is 5.91 Å². The van der Waals surface area contributed by atoms with Gasteiger partial charge in [0.1, 0.15) is 5.75 Å². The summed E-state index contributed by atoms with van der Waals surface area (Å²) in [6, 6.07) is 12.2. The molecule has 1 saturated heterocycles. The predicted molar refractivity (Wildman–Crippen MR) is 123 cm³/mol. The Labute approximate surface area is 192 Å². The summed E-state index contributed by atoms with van der Waals surface area (Å²) in [4.78, 5) is 38.3. The van der Waals surface area contributed by atoms with Gasteiger partial charge in [-0.25, -0.2) is 4.79 Å². The van der Waals surface area contributed by atoms with Crippen molar-refractivity contribution in [2.75, 3.05) is 25.0 Å². The summed E-state index contributed by atoms with van der Waals surface area (Å²) >= 11 is 0. The number of ether oxygens (including phenoxy) is 1. The van der Waals surface area contributed by atoms with Crippen LogP contribution in [0.4, 0.5) is 10.5 Å². The number of anilines is 1. The SMILES string of the molecule is NCc1ccc2c(c1)C1(CCN(C(=O)c3ccc(NC(=O)NC4CCC4=O)cc3)CC1)CO2. The molecule has 0 bridgehead atoms. The minimum Gasteiger partial charge on any atom is -0.492 e. The maximum atomic E-state index is 13.1. The molecule has 1 spiro atoms. The molecule has 33 heavy (non-hydrogen) atoms. The number of ketones is 1. The van der Waals surface area contributed by atoms with Crippen LogP contribution in [0, 0.1) is 0 Å². The Hall–Kier alpha value is -3.39. The molecule has 3 amide bonds. The van der Waals surface area contributed by atoms with Crippen molar-refractivity contribution in [3.63, 3.8) is 0 Å². The molecule has 2 aliphatic heterocycles. The average molecular weight is 449 g/mol. The van der Waals surface area contributed by atoms with Crippen LogP contribution < -0.4 is 21.1 Å². The van der Waals surface area contributed by atoms with E-state index in [1.165, 1.54) is 5.56 Å². The van der Waals surface area contributed by atoms with Crippen LogP contribution >= 0.6 is 0 Å². The summed E-state index contributed by atoms with van der Waals surface area (Å²) in [5.74, 6) is 0.971. The quantitative estimate of drug-likeness (QED) is 0.665. The molecule has 2 heterocycles. The maximum Gasteiger partial charge on any atom is 0.319 e. The number of hydrogen-bond donors (Lipinski definition) is 3. The zero-order chi connectivity index (χ0) is 23.0. The van der Waals surface area contributed by atoms with Gasteiger partial charge in [-0.2, -0.15) is 0 Å². The molecule has 0 aromatic heterocycles. The van der Waals surface area contributed by atoms with Crippen molar-refractivity contribution >= 4 is 23.4 Å². The van der Waals surface area contributed by atoms with Gasteiger partial charge >= 0.3 is 6.03 Å². The molecule has 2 aromatic carbocycles. The van der Waals surface area contributed by atoms with Gasteiger partial charge in [0.15, 0.2) is 5.78 Å². The summed E-state index contributed by atoms with van der Waals surface area (Å²) in [5, 5.41) is 5.36. The van der Waals surface area contributed by atoms with Gasteiger partial charge in [0, 0.05) is 48.3 Å². The van der Waals surface area contributed by atoms with Crippen molar-refractivity contribution in [2.45, 2.75) is 43.7 Å². The number of carbonyl (C=O) groups is 3. The van der Waals surface area contributed by atoms with E-state index in [0.717, 1.165) is 24.2 Å². The van der Waals surface area contributed by atoms with E-state index in [4.69, 9.17) is 10.5 Å². The van der Waals surface area contributed by atoms with Crippen molar-refractivity contribution < 1.29 is 19.1 Å². The molecule has 5 rings (SSSR count). The molecule has 1 unspecified atom stereocenters. The third kappa shape index (κ3) is 4.06. The number of nitrogens with two attached hydrogens (primary N) is 1. The van der Waals surface area contributed by atoms with Crippen molar-refractivity contribution in [3.05, 3.63) is 59.2 Å². The molecule has 172 valence electrons. The molecular formula is C25H28N4O4. The Bertz CT molecular complexity index is 1090. The Morgan fingerprint density at radius 3 is 2.52 bits per heavy atom. The first-order valence-electron chi connectivity index (χ1n) is 11.4.